The Kier molecular flexibility index (Phi) is 9.57. The van der Waals surface area contributed by atoms with Gasteiger partial charge in [0, 0.05) is 33.5 Å². The molecule has 0 heterocycles. The Morgan fingerprint density at radius 3 is 2.09 bits per heavy atom. The van der Waals surface area contributed by atoms with Crippen molar-refractivity contribution in [1.82, 2.24) is 10.2 Å². The molecule has 0 spiro atoms. The zero-order valence-electron chi connectivity index (χ0n) is 19.1. The van der Waals surface area contributed by atoms with Crippen LogP contribution in [0.2, 0.25) is 10.0 Å². The summed E-state index contributed by atoms with van der Waals surface area (Å²) in [5.41, 5.74) is 2.44. The Morgan fingerprint density at radius 1 is 0.882 bits per heavy atom. The number of benzene rings is 3. The van der Waals surface area contributed by atoms with Crippen LogP contribution in [-0.2, 0) is 29.0 Å². The maximum absolute atomic E-state index is 13.7. The number of nitrogens with zero attached hydrogens (tertiary/aromatic N) is 1. The van der Waals surface area contributed by atoms with E-state index >= 15 is 0 Å². The van der Waals surface area contributed by atoms with Crippen LogP contribution in [0, 0.1) is 0 Å². The fourth-order valence-electron chi connectivity index (χ4n) is 3.68. The van der Waals surface area contributed by atoms with Gasteiger partial charge in [-0.3, -0.25) is 9.59 Å². The average molecular weight is 562 g/mol. The van der Waals surface area contributed by atoms with Gasteiger partial charge in [-0.2, -0.15) is 0 Å². The van der Waals surface area contributed by atoms with E-state index in [0.717, 1.165) is 15.6 Å². The second-order valence-corrected chi connectivity index (χ2v) is 10.1. The molecular weight excluding hydrogens is 535 g/mol. The monoisotopic (exact) mass is 560 g/mol. The van der Waals surface area contributed by atoms with E-state index in [1.807, 2.05) is 68.4 Å². The van der Waals surface area contributed by atoms with E-state index in [4.69, 9.17) is 23.2 Å². The van der Waals surface area contributed by atoms with Crippen molar-refractivity contribution >= 4 is 50.9 Å². The lowest BCUT2D eigenvalue weighted by molar-refractivity contribution is -0.141. The van der Waals surface area contributed by atoms with Crippen molar-refractivity contribution in [3.05, 3.63) is 104 Å². The lowest BCUT2D eigenvalue weighted by Gasteiger charge is -2.32. The highest BCUT2D eigenvalue weighted by Gasteiger charge is 2.31. The molecule has 0 aliphatic carbocycles. The highest BCUT2D eigenvalue weighted by atomic mass is 79.9. The normalized spacial score (nSPS) is 11.8. The number of rotatable bonds is 9. The molecule has 4 nitrogen and oxygen atoms in total. The van der Waals surface area contributed by atoms with Gasteiger partial charge >= 0.3 is 0 Å². The largest absolute Gasteiger partial charge is 0.352 e. The van der Waals surface area contributed by atoms with Gasteiger partial charge in [-0.15, -0.1) is 0 Å². The standard InChI is InChI=1S/C27H27BrCl2N2O2/c1-18(2)31-27(34)25(15-19-7-4-3-5-8-19)32(17-20-11-13-21(28)14-12-20)26(33)16-22-23(29)9-6-10-24(22)30/h3-14,18,25H,15-17H2,1-2H3,(H,31,34)/t25-/m1/s1. The highest BCUT2D eigenvalue weighted by Crippen LogP contribution is 2.26. The third-order valence-corrected chi connectivity index (χ3v) is 6.59. The summed E-state index contributed by atoms with van der Waals surface area (Å²) < 4.78 is 0.940. The zero-order chi connectivity index (χ0) is 24.7. The van der Waals surface area contributed by atoms with Crippen LogP contribution in [-0.4, -0.2) is 28.8 Å². The number of amides is 2. The van der Waals surface area contributed by atoms with E-state index in [-0.39, 0.29) is 30.8 Å². The predicted octanol–water partition coefficient (Wildman–Crippen LogP) is 6.46. The molecule has 3 rings (SSSR count). The van der Waals surface area contributed by atoms with Gasteiger partial charge < -0.3 is 10.2 Å². The lowest BCUT2D eigenvalue weighted by atomic mass is 10.0. The Hall–Kier alpha value is -2.34. The Morgan fingerprint density at radius 2 is 1.50 bits per heavy atom. The number of carbonyl (C=O) groups is 2. The molecule has 1 atom stereocenters. The Bertz CT molecular complexity index is 1100. The molecule has 0 saturated heterocycles. The quantitative estimate of drug-likeness (QED) is 0.326. The van der Waals surface area contributed by atoms with E-state index in [1.54, 1.807) is 23.1 Å². The first-order chi connectivity index (χ1) is 16.2. The average Bonchev–Trinajstić information content (AvgIpc) is 2.80. The fourth-order valence-corrected chi connectivity index (χ4v) is 4.47. The second-order valence-electron chi connectivity index (χ2n) is 8.39. The molecule has 0 aliphatic heterocycles. The minimum absolute atomic E-state index is 0.00468. The van der Waals surface area contributed by atoms with Crippen molar-refractivity contribution in [3.8, 4) is 0 Å². The summed E-state index contributed by atoms with van der Waals surface area (Å²) in [6, 6.07) is 21.8. The van der Waals surface area contributed by atoms with Crippen molar-refractivity contribution in [2.45, 2.75) is 45.3 Å². The van der Waals surface area contributed by atoms with Gasteiger partial charge in [0.25, 0.3) is 0 Å². The van der Waals surface area contributed by atoms with Gasteiger partial charge in [0.05, 0.1) is 6.42 Å². The molecule has 3 aromatic rings. The molecule has 7 heteroatoms. The van der Waals surface area contributed by atoms with Crippen LogP contribution in [0.3, 0.4) is 0 Å². The summed E-state index contributed by atoms with van der Waals surface area (Å²) in [5, 5.41) is 3.84. The summed E-state index contributed by atoms with van der Waals surface area (Å²) in [6.45, 7) is 4.08. The second kappa shape index (κ2) is 12.4. The van der Waals surface area contributed by atoms with Gasteiger partial charge in [0.2, 0.25) is 11.8 Å². The van der Waals surface area contributed by atoms with Gasteiger partial charge in [-0.25, -0.2) is 0 Å². The first kappa shape index (κ1) is 26.3. The predicted molar refractivity (Wildman–Crippen MR) is 142 cm³/mol. The summed E-state index contributed by atoms with van der Waals surface area (Å²) >= 11 is 16.2. The minimum atomic E-state index is -0.706. The summed E-state index contributed by atoms with van der Waals surface area (Å²) in [6.07, 6.45) is 0.382. The molecule has 3 aromatic carbocycles. The van der Waals surface area contributed by atoms with Crippen LogP contribution in [0.1, 0.15) is 30.5 Å². The molecule has 0 aromatic heterocycles. The zero-order valence-corrected chi connectivity index (χ0v) is 22.2. The lowest BCUT2D eigenvalue weighted by Crippen LogP contribution is -2.52. The van der Waals surface area contributed by atoms with Crippen LogP contribution in [0.15, 0.2) is 77.3 Å². The maximum Gasteiger partial charge on any atom is 0.243 e. The first-order valence-electron chi connectivity index (χ1n) is 11.1. The molecule has 1 N–H and O–H groups in total. The number of nitrogens with one attached hydrogen (secondary N) is 1. The molecule has 0 unspecified atom stereocenters. The van der Waals surface area contributed by atoms with E-state index in [1.165, 1.54) is 0 Å². The Balaban J connectivity index is 2.00. The number of halogens is 3. The fraction of sp³-hybridized carbons (Fsp3) is 0.259. The van der Waals surface area contributed by atoms with Crippen LogP contribution in [0.4, 0.5) is 0 Å². The van der Waals surface area contributed by atoms with Gasteiger partial charge in [-0.1, -0.05) is 87.7 Å². The van der Waals surface area contributed by atoms with Gasteiger partial charge in [-0.05, 0) is 54.8 Å². The molecule has 34 heavy (non-hydrogen) atoms. The Labute approximate surface area is 219 Å². The van der Waals surface area contributed by atoms with Crippen molar-refractivity contribution in [2.24, 2.45) is 0 Å². The van der Waals surface area contributed by atoms with E-state index in [0.29, 0.717) is 22.0 Å². The molecule has 0 bridgehead atoms. The van der Waals surface area contributed by atoms with Gasteiger partial charge in [0.1, 0.15) is 6.04 Å². The first-order valence-corrected chi connectivity index (χ1v) is 12.6. The third-order valence-electron chi connectivity index (χ3n) is 5.36. The van der Waals surface area contributed by atoms with Crippen molar-refractivity contribution in [1.29, 1.82) is 0 Å². The topological polar surface area (TPSA) is 49.4 Å². The molecule has 0 aliphatic rings. The smallest absolute Gasteiger partial charge is 0.243 e. The van der Waals surface area contributed by atoms with Crippen molar-refractivity contribution in [2.75, 3.05) is 0 Å². The van der Waals surface area contributed by atoms with Crippen molar-refractivity contribution < 1.29 is 9.59 Å². The molecule has 178 valence electrons. The van der Waals surface area contributed by atoms with E-state index in [2.05, 4.69) is 21.2 Å². The molecular formula is C27H27BrCl2N2O2. The van der Waals surface area contributed by atoms with Gasteiger partial charge in [0.15, 0.2) is 0 Å². The molecule has 0 fully saturated rings. The maximum atomic E-state index is 13.7. The van der Waals surface area contributed by atoms with Crippen LogP contribution in [0.5, 0.6) is 0 Å². The highest BCUT2D eigenvalue weighted by molar-refractivity contribution is 9.10. The number of hydrogen-bond donors (Lipinski definition) is 1. The molecule has 0 saturated carbocycles. The van der Waals surface area contributed by atoms with E-state index in [9.17, 15) is 9.59 Å². The molecule has 0 radical (unpaired) electrons. The molecule has 2 amide bonds. The third kappa shape index (κ3) is 7.33. The van der Waals surface area contributed by atoms with E-state index < -0.39 is 6.04 Å². The summed E-state index contributed by atoms with van der Waals surface area (Å²) in [7, 11) is 0. The SMILES string of the molecule is CC(C)NC(=O)[C@@H](Cc1ccccc1)N(Cc1ccc(Br)cc1)C(=O)Cc1c(Cl)cccc1Cl. The minimum Gasteiger partial charge on any atom is -0.352 e. The number of hydrogen-bond acceptors (Lipinski definition) is 2. The van der Waals surface area contributed by atoms with Crippen LogP contribution >= 0.6 is 39.1 Å². The van der Waals surface area contributed by atoms with Crippen molar-refractivity contribution in [3.63, 3.8) is 0 Å². The summed E-state index contributed by atoms with van der Waals surface area (Å²) in [5.74, 6) is -0.424. The van der Waals surface area contributed by atoms with Crippen LogP contribution in [0.25, 0.3) is 0 Å². The van der Waals surface area contributed by atoms with Crippen LogP contribution < -0.4 is 5.32 Å². The summed E-state index contributed by atoms with van der Waals surface area (Å²) in [4.78, 5) is 28.7. The number of carbonyl (C=O) groups excluding carboxylic acids is 2.